The van der Waals surface area contributed by atoms with Gasteiger partial charge in [0.25, 0.3) is 0 Å². The van der Waals surface area contributed by atoms with E-state index in [1.165, 1.54) is 0 Å². The lowest BCUT2D eigenvalue weighted by Crippen LogP contribution is -2.35. The minimum atomic E-state index is -0.764. The number of aliphatic carboxylic acids is 1. The van der Waals surface area contributed by atoms with Gasteiger partial charge >= 0.3 is 5.97 Å². The molecule has 4 heteroatoms. The topological polar surface area (TPSA) is 49.8 Å². The van der Waals surface area contributed by atoms with Crippen LogP contribution in [0.1, 0.15) is 19.8 Å². The monoisotopic (exact) mass is 235 g/mol. The molecule has 1 aliphatic rings. The molecule has 0 bridgehead atoms. The van der Waals surface area contributed by atoms with Crippen molar-refractivity contribution in [1.29, 1.82) is 0 Å². The van der Waals surface area contributed by atoms with Crippen LogP contribution in [-0.2, 0) is 4.79 Å². The lowest BCUT2D eigenvalue weighted by atomic mass is 10.1. The van der Waals surface area contributed by atoms with E-state index in [0.29, 0.717) is 6.61 Å². The molecule has 1 N–H and O–H groups in total. The van der Waals surface area contributed by atoms with Gasteiger partial charge in [-0.15, -0.1) is 0 Å². The van der Waals surface area contributed by atoms with Gasteiger partial charge in [0, 0.05) is 12.6 Å². The first kappa shape index (κ1) is 11.8. The highest BCUT2D eigenvalue weighted by Gasteiger charge is 2.22. The van der Waals surface area contributed by atoms with Crippen molar-refractivity contribution in [3.63, 3.8) is 0 Å². The van der Waals surface area contributed by atoms with Crippen LogP contribution in [0, 0.1) is 0 Å². The summed E-state index contributed by atoms with van der Waals surface area (Å²) in [5.74, 6) is 0.0855. The molecule has 0 aliphatic carbocycles. The molecule has 0 aromatic heterocycles. The van der Waals surface area contributed by atoms with Crippen LogP contribution in [0.3, 0.4) is 0 Å². The molecule has 0 saturated heterocycles. The number of ether oxygens (including phenoxy) is 1. The Morgan fingerprint density at radius 3 is 3.06 bits per heavy atom. The Labute approximate surface area is 101 Å². The Morgan fingerprint density at radius 1 is 1.53 bits per heavy atom. The van der Waals surface area contributed by atoms with E-state index in [0.717, 1.165) is 24.4 Å². The van der Waals surface area contributed by atoms with Gasteiger partial charge in [0.15, 0.2) is 0 Å². The standard InChI is InChI=1S/C13H17NO3/c1-10(9-13(15)16)14-7-4-8-17-12-6-3-2-5-11(12)14/h2-3,5-6,10H,4,7-9H2,1H3,(H,15,16). The van der Waals surface area contributed by atoms with Gasteiger partial charge in [-0.3, -0.25) is 4.79 Å². The molecule has 1 aliphatic heterocycles. The number of para-hydroxylation sites is 2. The first-order chi connectivity index (χ1) is 8.18. The number of hydrogen-bond acceptors (Lipinski definition) is 3. The van der Waals surface area contributed by atoms with Crippen molar-refractivity contribution in [2.45, 2.75) is 25.8 Å². The van der Waals surface area contributed by atoms with Gasteiger partial charge in [-0.2, -0.15) is 0 Å². The molecule has 0 spiro atoms. The molecule has 0 radical (unpaired) electrons. The SMILES string of the molecule is CC(CC(=O)O)N1CCCOc2ccccc21. The van der Waals surface area contributed by atoms with E-state index >= 15 is 0 Å². The molecule has 1 aromatic rings. The van der Waals surface area contributed by atoms with E-state index in [-0.39, 0.29) is 12.5 Å². The number of fused-ring (bicyclic) bond motifs is 1. The maximum absolute atomic E-state index is 10.8. The summed E-state index contributed by atoms with van der Waals surface area (Å²) in [4.78, 5) is 12.9. The Hall–Kier alpha value is -1.71. The van der Waals surface area contributed by atoms with E-state index in [1.54, 1.807) is 0 Å². The highest BCUT2D eigenvalue weighted by molar-refractivity contribution is 5.69. The minimum Gasteiger partial charge on any atom is -0.491 e. The first-order valence-corrected chi connectivity index (χ1v) is 5.89. The third-order valence-electron chi connectivity index (χ3n) is 2.98. The summed E-state index contributed by atoms with van der Waals surface area (Å²) in [6.07, 6.45) is 1.06. The van der Waals surface area contributed by atoms with Crippen LogP contribution in [0.15, 0.2) is 24.3 Å². The summed E-state index contributed by atoms with van der Waals surface area (Å²) in [5.41, 5.74) is 0.999. The van der Waals surface area contributed by atoms with Crippen LogP contribution in [0.2, 0.25) is 0 Å². The van der Waals surface area contributed by atoms with E-state index in [2.05, 4.69) is 4.90 Å². The fourth-order valence-electron chi connectivity index (χ4n) is 2.17. The second kappa shape index (κ2) is 5.08. The van der Waals surface area contributed by atoms with Gasteiger partial charge in [0.1, 0.15) is 5.75 Å². The largest absolute Gasteiger partial charge is 0.491 e. The van der Waals surface area contributed by atoms with E-state index < -0.39 is 5.97 Å². The van der Waals surface area contributed by atoms with Crippen molar-refractivity contribution in [2.24, 2.45) is 0 Å². The molecule has 1 atom stereocenters. The zero-order valence-corrected chi connectivity index (χ0v) is 9.93. The van der Waals surface area contributed by atoms with Crippen molar-refractivity contribution in [1.82, 2.24) is 0 Å². The Morgan fingerprint density at radius 2 is 2.29 bits per heavy atom. The van der Waals surface area contributed by atoms with Gasteiger partial charge in [-0.1, -0.05) is 12.1 Å². The number of carboxylic acids is 1. The number of anilines is 1. The zero-order valence-electron chi connectivity index (χ0n) is 9.93. The lowest BCUT2D eigenvalue weighted by molar-refractivity contribution is -0.137. The van der Waals surface area contributed by atoms with Crippen LogP contribution >= 0.6 is 0 Å². The minimum absolute atomic E-state index is 0.0182. The van der Waals surface area contributed by atoms with Crippen molar-refractivity contribution in [2.75, 3.05) is 18.1 Å². The van der Waals surface area contributed by atoms with Crippen LogP contribution in [-0.4, -0.2) is 30.3 Å². The molecule has 4 nitrogen and oxygen atoms in total. The van der Waals surface area contributed by atoms with Crippen LogP contribution in [0.5, 0.6) is 5.75 Å². The predicted octanol–water partition coefficient (Wildman–Crippen LogP) is 2.14. The Balaban J connectivity index is 2.25. The van der Waals surface area contributed by atoms with Gasteiger partial charge in [0.2, 0.25) is 0 Å². The third-order valence-corrected chi connectivity index (χ3v) is 2.98. The van der Waals surface area contributed by atoms with Crippen molar-refractivity contribution in [3.8, 4) is 5.75 Å². The molecular formula is C13H17NO3. The molecule has 1 unspecified atom stereocenters. The molecule has 0 fully saturated rings. The smallest absolute Gasteiger partial charge is 0.305 e. The summed E-state index contributed by atoms with van der Waals surface area (Å²) >= 11 is 0. The van der Waals surface area contributed by atoms with E-state index in [4.69, 9.17) is 9.84 Å². The van der Waals surface area contributed by atoms with Gasteiger partial charge in [0.05, 0.1) is 18.7 Å². The summed E-state index contributed by atoms with van der Waals surface area (Å²) in [6, 6.07) is 7.79. The molecule has 0 amide bonds. The van der Waals surface area contributed by atoms with Crippen molar-refractivity contribution in [3.05, 3.63) is 24.3 Å². The molecule has 1 aromatic carbocycles. The number of carboxylic acid groups (broad SMARTS) is 1. The number of carbonyl (C=O) groups is 1. The van der Waals surface area contributed by atoms with E-state index in [9.17, 15) is 4.79 Å². The molecule has 17 heavy (non-hydrogen) atoms. The van der Waals surface area contributed by atoms with E-state index in [1.807, 2.05) is 31.2 Å². The highest BCUT2D eigenvalue weighted by atomic mass is 16.5. The summed E-state index contributed by atoms with van der Waals surface area (Å²) in [6.45, 7) is 3.47. The normalized spacial score (nSPS) is 16.6. The van der Waals surface area contributed by atoms with Crippen molar-refractivity contribution >= 4 is 11.7 Å². The second-order valence-electron chi connectivity index (χ2n) is 4.31. The number of benzene rings is 1. The second-order valence-corrected chi connectivity index (χ2v) is 4.31. The average molecular weight is 235 g/mol. The number of rotatable bonds is 3. The maximum atomic E-state index is 10.8. The first-order valence-electron chi connectivity index (χ1n) is 5.89. The fraction of sp³-hybridized carbons (Fsp3) is 0.462. The summed E-state index contributed by atoms with van der Waals surface area (Å²) in [5, 5.41) is 8.87. The third kappa shape index (κ3) is 2.70. The zero-order chi connectivity index (χ0) is 12.3. The van der Waals surface area contributed by atoms with Crippen LogP contribution < -0.4 is 9.64 Å². The van der Waals surface area contributed by atoms with Gasteiger partial charge in [-0.25, -0.2) is 0 Å². The maximum Gasteiger partial charge on any atom is 0.305 e. The number of nitrogens with zero attached hydrogens (tertiary/aromatic N) is 1. The van der Waals surface area contributed by atoms with Crippen molar-refractivity contribution < 1.29 is 14.6 Å². The van der Waals surface area contributed by atoms with Gasteiger partial charge in [-0.05, 0) is 25.5 Å². The van der Waals surface area contributed by atoms with Crippen LogP contribution in [0.25, 0.3) is 0 Å². The molecule has 2 rings (SSSR count). The molecule has 1 heterocycles. The highest BCUT2D eigenvalue weighted by Crippen LogP contribution is 2.32. The summed E-state index contributed by atoms with van der Waals surface area (Å²) in [7, 11) is 0. The number of hydrogen-bond donors (Lipinski definition) is 1. The molecular weight excluding hydrogens is 218 g/mol. The molecule has 92 valence electrons. The summed E-state index contributed by atoms with van der Waals surface area (Å²) < 4.78 is 5.64. The molecule has 0 saturated carbocycles. The predicted molar refractivity (Wildman–Crippen MR) is 65.6 cm³/mol. The van der Waals surface area contributed by atoms with Crippen LogP contribution in [0.4, 0.5) is 5.69 Å². The Bertz CT molecular complexity index is 405. The van der Waals surface area contributed by atoms with Gasteiger partial charge < -0.3 is 14.7 Å². The quantitative estimate of drug-likeness (QED) is 0.872. The fourth-order valence-corrected chi connectivity index (χ4v) is 2.17. The average Bonchev–Trinajstić information content (AvgIpc) is 2.50. The lowest BCUT2D eigenvalue weighted by Gasteiger charge is -2.29. The Kier molecular flexibility index (Phi) is 3.52.